The van der Waals surface area contributed by atoms with Gasteiger partial charge in [-0.25, -0.2) is 4.79 Å². The lowest BCUT2D eigenvalue weighted by molar-refractivity contribution is 0.0971. The average Bonchev–Trinajstić information content (AvgIpc) is 2.83. The third-order valence-corrected chi connectivity index (χ3v) is 2.87. The Hall–Kier alpha value is -2.14. The molecule has 5 heteroatoms. The van der Waals surface area contributed by atoms with Crippen LogP contribution in [-0.4, -0.2) is 11.9 Å². The number of nitrogens with one attached hydrogen (secondary N) is 2. The second kappa shape index (κ2) is 5.27. The van der Waals surface area contributed by atoms with Crippen molar-refractivity contribution in [3.8, 4) is 0 Å². The fourth-order valence-corrected chi connectivity index (χ4v) is 1.88. The molecule has 0 radical (unpaired) electrons. The molecule has 0 saturated heterocycles. The first-order valence-electron chi connectivity index (χ1n) is 4.96. The van der Waals surface area contributed by atoms with Gasteiger partial charge in [-0.05, 0) is 23.6 Å². The smallest absolute Gasteiger partial charge is 0.308 e. The van der Waals surface area contributed by atoms with Gasteiger partial charge in [0, 0.05) is 5.69 Å². The summed E-state index contributed by atoms with van der Waals surface area (Å²) in [5, 5.41) is 6.60. The van der Waals surface area contributed by atoms with Crippen LogP contribution in [0.15, 0.2) is 47.8 Å². The predicted octanol–water partition coefficient (Wildman–Crippen LogP) is 2.71. The minimum absolute atomic E-state index is 0.395. The number of carbonyl (C=O) groups is 2. The van der Waals surface area contributed by atoms with Gasteiger partial charge in [-0.1, -0.05) is 24.3 Å². The van der Waals surface area contributed by atoms with Gasteiger partial charge in [0.1, 0.15) is 0 Å². The lowest BCUT2D eigenvalue weighted by atomic mass is 10.3. The molecule has 3 amide bonds. The zero-order chi connectivity index (χ0) is 12.1. The van der Waals surface area contributed by atoms with Crippen LogP contribution in [0.25, 0.3) is 0 Å². The summed E-state index contributed by atoms with van der Waals surface area (Å²) in [4.78, 5) is 23.5. The molecule has 2 aromatic rings. The highest BCUT2D eigenvalue weighted by atomic mass is 32.1. The minimum Gasteiger partial charge on any atom is -0.308 e. The van der Waals surface area contributed by atoms with E-state index in [1.165, 1.54) is 11.3 Å². The number of para-hydroxylation sites is 1. The van der Waals surface area contributed by atoms with E-state index in [2.05, 4.69) is 10.6 Å². The number of amides is 3. The van der Waals surface area contributed by atoms with Crippen LogP contribution in [0.2, 0.25) is 0 Å². The molecule has 4 nitrogen and oxygen atoms in total. The molecule has 1 aromatic heterocycles. The summed E-state index contributed by atoms with van der Waals surface area (Å²) in [6.45, 7) is 0. The zero-order valence-electron chi connectivity index (χ0n) is 8.84. The lowest BCUT2D eigenvalue weighted by Crippen LogP contribution is -2.33. The summed E-state index contributed by atoms with van der Waals surface area (Å²) in [6, 6.07) is 11.8. The van der Waals surface area contributed by atoms with Crippen molar-refractivity contribution in [2.24, 2.45) is 0 Å². The molecule has 0 aliphatic rings. The van der Waals surface area contributed by atoms with E-state index in [4.69, 9.17) is 0 Å². The third-order valence-electron chi connectivity index (χ3n) is 2.00. The molecule has 0 aliphatic heterocycles. The molecule has 86 valence electrons. The summed E-state index contributed by atoms with van der Waals surface area (Å²) in [5.41, 5.74) is 0.643. The van der Waals surface area contributed by atoms with E-state index >= 15 is 0 Å². The molecule has 1 heterocycles. The van der Waals surface area contributed by atoms with Crippen molar-refractivity contribution in [2.75, 3.05) is 5.32 Å². The average molecular weight is 246 g/mol. The first-order valence-corrected chi connectivity index (χ1v) is 5.84. The highest BCUT2D eigenvalue weighted by Crippen LogP contribution is 2.08. The molecule has 0 aliphatic carbocycles. The maximum absolute atomic E-state index is 11.5. The number of hydrogen-bond acceptors (Lipinski definition) is 3. The van der Waals surface area contributed by atoms with Crippen molar-refractivity contribution in [1.82, 2.24) is 5.32 Å². The van der Waals surface area contributed by atoms with Crippen molar-refractivity contribution in [3.05, 3.63) is 52.7 Å². The van der Waals surface area contributed by atoms with E-state index in [1.807, 2.05) is 6.07 Å². The van der Waals surface area contributed by atoms with Gasteiger partial charge in [-0.2, -0.15) is 0 Å². The van der Waals surface area contributed by atoms with Gasteiger partial charge in [0.2, 0.25) is 0 Å². The van der Waals surface area contributed by atoms with E-state index in [9.17, 15) is 9.59 Å². The fraction of sp³-hybridized carbons (Fsp3) is 0. The van der Waals surface area contributed by atoms with Crippen LogP contribution in [-0.2, 0) is 0 Å². The Morgan fingerprint density at radius 1 is 1.00 bits per heavy atom. The van der Waals surface area contributed by atoms with Gasteiger partial charge in [0.05, 0.1) is 4.88 Å². The minimum atomic E-state index is -0.533. The van der Waals surface area contributed by atoms with Crippen LogP contribution in [0.1, 0.15) is 9.67 Å². The number of thiophene rings is 1. The molecule has 1 aromatic carbocycles. The number of urea groups is 1. The molecule has 2 N–H and O–H groups in total. The first-order chi connectivity index (χ1) is 8.25. The van der Waals surface area contributed by atoms with E-state index in [0.717, 1.165) is 0 Å². The van der Waals surface area contributed by atoms with E-state index in [1.54, 1.807) is 41.8 Å². The Kier molecular flexibility index (Phi) is 3.52. The van der Waals surface area contributed by atoms with Crippen LogP contribution >= 0.6 is 11.3 Å². The van der Waals surface area contributed by atoms with Crippen molar-refractivity contribution in [2.45, 2.75) is 0 Å². The Morgan fingerprint density at radius 2 is 1.76 bits per heavy atom. The highest BCUT2D eigenvalue weighted by molar-refractivity contribution is 7.12. The summed E-state index contributed by atoms with van der Waals surface area (Å²) in [6.07, 6.45) is 0. The standard InChI is InChI=1S/C12H10N2O2S/c15-11(10-7-4-8-17-10)14-12(16)13-9-5-2-1-3-6-9/h1-8H,(H2,13,14,15,16). The summed E-state index contributed by atoms with van der Waals surface area (Å²) >= 11 is 1.29. The summed E-state index contributed by atoms with van der Waals surface area (Å²) in [7, 11) is 0. The molecule has 0 unspecified atom stereocenters. The molecule has 0 fully saturated rings. The molecule has 17 heavy (non-hydrogen) atoms. The quantitative estimate of drug-likeness (QED) is 0.856. The van der Waals surface area contributed by atoms with Gasteiger partial charge in [0.25, 0.3) is 5.91 Å². The molecular formula is C12H10N2O2S. The molecule has 0 saturated carbocycles. The maximum atomic E-state index is 11.5. The fourth-order valence-electron chi connectivity index (χ4n) is 1.26. The SMILES string of the molecule is O=C(NC(=O)c1cccs1)Nc1ccccc1. The molecule has 0 bridgehead atoms. The van der Waals surface area contributed by atoms with Crippen LogP contribution in [0, 0.1) is 0 Å². The largest absolute Gasteiger partial charge is 0.326 e. The normalized spacial score (nSPS) is 9.65. The van der Waals surface area contributed by atoms with Gasteiger partial charge in [-0.3, -0.25) is 10.1 Å². The zero-order valence-corrected chi connectivity index (χ0v) is 9.66. The Morgan fingerprint density at radius 3 is 2.41 bits per heavy atom. The summed E-state index contributed by atoms with van der Waals surface area (Å²) in [5.74, 6) is -0.395. The summed E-state index contributed by atoms with van der Waals surface area (Å²) < 4.78 is 0. The van der Waals surface area contributed by atoms with Crippen LogP contribution < -0.4 is 10.6 Å². The molecule has 0 atom stereocenters. The van der Waals surface area contributed by atoms with Gasteiger partial charge in [-0.15, -0.1) is 11.3 Å². The lowest BCUT2D eigenvalue weighted by Gasteiger charge is -2.05. The molecule has 0 spiro atoms. The monoisotopic (exact) mass is 246 g/mol. The Bertz CT molecular complexity index is 509. The third kappa shape index (κ3) is 3.15. The van der Waals surface area contributed by atoms with Crippen LogP contribution in [0.5, 0.6) is 0 Å². The number of hydrogen-bond donors (Lipinski definition) is 2. The van der Waals surface area contributed by atoms with Crippen LogP contribution in [0.4, 0.5) is 10.5 Å². The van der Waals surface area contributed by atoms with Crippen molar-refractivity contribution < 1.29 is 9.59 Å². The van der Waals surface area contributed by atoms with E-state index in [0.29, 0.717) is 10.6 Å². The van der Waals surface area contributed by atoms with E-state index in [-0.39, 0.29) is 0 Å². The second-order valence-corrected chi connectivity index (χ2v) is 4.20. The van der Waals surface area contributed by atoms with Crippen molar-refractivity contribution in [3.63, 3.8) is 0 Å². The van der Waals surface area contributed by atoms with Crippen molar-refractivity contribution >= 4 is 29.0 Å². The van der Waals surface area contributed by atoms with Gasteiger partial charge in [0.15, 0.2) is 0 Å². The molecular weight excluding hydrogens is 236 g/mol. The predicted molar refractivity (Wildman–Crippen MR) is 67.2 cm³/mol. The number of rotatable bonds is 2. The molecule has 2 rings (SSSR count). The first kappa shape index (κ1) is 11.3. The number of benzene rings is 1. The van der Waals surface area contributed by atoms with Crippen LogP contribution in [0.3, 0.4) is 0 Å². The van der Waals surface area contributed by atoms with E-state index < -0.39 is 11.9 Å². The van der Waals surface area contributed by atoms with Crippen molar-refractivity contribution in [1.29, 1.82) is 0 Å². The highest BCUT2D eigenvalue weighted by Gasteiger charge is 2.10. The van der Waals surface area contributed by atoms with Gasteiger partial charge >= 0.3 is 6.03 Å². The Balaban J connectivity index is 1.92. The maximum Gasteiger partial charge on any atom is 0.326 e. The van der Waals surface area contributed by atoms with Gasteiger partial charge < -0.3 is 5.32 Å². The second-order valence-electron chi connectivity index (χ2n) is 3.25. The topological polar surface area (TPSA) is 58.2 Å². The number of imide groups is 1. The Labute approximate surface area is 102 Å². The number of anilines is 1. The number of carbonyl (C=O) groups excluding carboxylic acids is 2.